The van der Waals surface area contributed by atoms with Gasteiger partial charge in [0.1, 0.15) is 0 Å². The standard InChI is InChI=1S/C14H24O/c1-2-3-4-5-6-7-8-9-10-11-12-13-14-15/h12-13,15H,2-8,11,14H2,1H3/b13-12+. The Balaban J connectivity index is 3.12. The third-order valence-corrected chi connectivity index (χ3v) is 2.27. The van der Waals surface area contributed by atoms with E-state index in [-0.39, 0.29) is 6.61 Å². The van der Waals surface area contributed by atoms with E-state index in [4.69, 9.17) is 5.11 Å². The van der Waals surface area contributed by atoms with Crippen LogP contribution in [-0.4, -0.2) is 11.7 Å². The molecule has 0 heterocycles. The zero-order chi connectivity index (χ0) is 11.2. The van der Waals surface area contributed by atoms with Crippen molar-refractivity contribution in [3.63, 3.8) is 0 Å². The van der Waals surface area contributed by atoms with E-state index in [0.29, 0.717) is 0 Å². The first-order valence-corrected chi connectivity index (χ1v) is 6.13. The molecule has 15 heavy (non-hydrogen) atoms. The Kier molecular flexibility index (Phi) is 12.6. The van der Waals surface area contributed by atoms with E-state index < -0.39 is 0 Å². The van der Waals surface area contributed by atoms with E-state index in [1.807, 2.05) is 6.08 Å². The molecule has 1 N–H and O–H groups in total. The first-order chi connectivity index (χ1) is 7.41. The molecule has 0 saturated carbocycles. The highest BCUT2D eigenvalue weighted by Gasteiger charge is 1.87. The van der Waals surface area contributed by atoms with E-state index in [1.165, 1.54) is 38.5 Å². The summed E-state index contributed by atoms with van der Waals surface area (Å²) in [7, 11) is 0. The Labute approximate surface area is 94.6 Å². The van der Waals surface area contributed by atoms with E-state index in [9.17, 15) is 0 Å². The van der Waals surface area contributed by atoms with Gasteiger partial charge in [-0.3, -0.25) is 0 Å². The fraction of sp³-hybridized carbons (Fsp3) is 0.714. The topological polar surface area (TPSA) is 20.2 Å². The Morgan fingerprint density at radius 2 is 1.67 bits per heavy atom. The van der Waals surface area contributed by atoms with Gasteiger partial charge in [-0.2, -0.15) is 0 Å². The van der Waals surface area contributed by atoms with Crippen LogP contribution in [0.3, 0.4) is 0 Å². The van der Waals surface area contributed by atoms with Gasteiger partial charge in [-0.1, -0.05) is 57.1 Å². The number of aliphatic hydroxyl groups is 1. The van der Waals surface area contributed by atoms with Crippen LogP contribution in [-0.2, 0) is 0 Å². The number of hydrogen-bond donors (Lipinski definition) is 1. The molecule has 0 unspecified atom stereocenters. The van der Waals surface area contributed by atoms with Crippen LogP contribution < -0.4 is 0 Å². The number of unbranched alkanes of at least 4 members (excludes halogenated alkanes) is 6. The van der Waals surface area contributed by atoms with Gasteiger partial charge in [0, 0.05) is 12.8 Å². The molecule has 0 atom stereocenters. The van der Waals surface area contributed by atoms with Crippen LogP contribution in [0.25, 0.3) is 0 Å². The van der Waals surface area contributed by atoms with Crippen molar-refractivity contribution in [1.82, 2.24) is 0 Å². The zero-order valence-electron chi connectivity index (χ0n) is 9.97. The number of rotatable bonds is 8. The normalized spacial score (nSPS) is 10.3. The van der Waals surface area contributed by atoms with Gasteiger partial charge in [-0.05, 0) is 6.42 Å². The smallest absolute Gasteiger partial charge is 0.0612 e. The maximum absolute atomic E-state index is 8.47. The molecule has 0 saturated heterocycles. The van der Waals surface area contributed by atoms with Crippen molar-refractivity contribution >= 4 is 0 Å². The van der Waals surface area contributed by atoms with Crippen LogP contribution in [0, 0.1) is 11.8 Å². The molecule has 0 amide bonds. The lowest BCUT2D eigenvalue weighted by molar-refractivity contribution is 0.342. The molecule has 0 aliphatic rings. The lowest BCUT2D eigenvalue weighted by Crippen LogP contribution is -1.77. The summed E-state index contributed by atoms with van der Waals surface area (Å²) in [4.78, 5) is 0. The maximum Gasteiger partial charge on any atom is 0.0612 e. The fourth-order valence-electron chi connectivity index (χ4n) is 1.37. The van der Waals surface area contributed by atoms with E-state index >= 15 is 0 Å². The van der Waals surface area contributed by atoms with Crippen LogP contribution in [0.15, 0.2) is 12.2 Å². The molecular weight excluding hydrogens is 184 g/mol. The molecule has 0 aliphatic carbocycles. The number of allylic oxidation sites excluding steroid dienone is 1. The predicted octanol–water partition coefficient (Wildman–Crippen LogP) is 3.68. The average molecular weight is 208 g/mol. The maximum atomic E-state index is 8.47. The molecule has 0 aromatic rings. The van der Waals surface area contributed by atoms with Gasteiger partial charge in [-0.15, -0.1) is 5.92 Å². The summed E-state index contributed by atoms with van der Waals surface area (Å²) in [6.45, 7) is 2.37. The molecule has 0 aromatic carbocycles. The van der Waals surface area contributed by atoms with E-state index in [1.54, 1.807) is 6.08 Å². The number of aliphatic hydroxyl groups excluding tert-OH is 1. The molecule has 0 radical (unpaired) electrons. The molecule has 0 bridgehead atoms. The SMILES string of the molecule is CCCCCCCCC#CC/C=C/CO. The van der Waals surface area contributed by atoms with Crippen molar-refractivity contribution in [2.24, 2.45) is 0 Å². The number of hydrogen-bond acceptors (Lipinski definition) is 1. The highest BCUT2D eigenvalue weighted by atomic mass is 16.2. The van der Waals surface area contributed by atoms with Crippen LogP contribution in [0.1, 0.15) is 58.3 Å². The minimum absolute atomic E-state index is 0.124. The third-order valence-electron chi connectivity index (χ3n) is 2.27. The Bertz CT molecular complexity index is 195. The van der Waals surface area contributed by atoms with Crippen molar-refractivity contribution in [3.8, 4) is 11.8 Å². The largest absolute Gasteiger partial charge is 0.392 e. The summed E-state index contributed by atoms with van der Waals surface area (Å²) in [6.07, 6.45) is 13.4. The third kappa shape index (κ3) is 13.3. The second-order valence-corrected chi connectivity index (χ2v) is 3.73. The molecule has 1 heteroatoms. The van der Waals surface area contributed by atoms with Gasteiger partial charge in [-0.25, -0.2) is 0 Å². The summed E-state index contributed by atoms with van der Waals surface area (Å²) < 4.78 is 0. The summed E-state index contributed by atoms with van der Waals surface area (Å²) >= 11 is 0. The average Bonchev–Trinajstić information content (AvgIpc) is 2.26. The monoisotopic (exact) mass is 208 g/mol. The Morgan fingerprint density at radius 1 is 0.933 bits per heavy atom. The molecule has 0 rings (SSSR count). The quantitative estimate of drug-likeness (QED) is 0.366. The van der Waals surface area contributed by atoms with E-state index in [0.717, 1.165) is 12.8 Å². The molecular formula is C14H24O. The first-order valence-electron chi connectivity index (χ1n) is 6.13. The van der Waals surface area contributed by atoms with Crippen molar-refractivity contribution in [1.29, 1.82) is 0 Å². The predicted molar refractivity (Wildman–Crippen MR) is 66.6 cm³/mol. The molecule has 1 nitrogen and oxygen atoms in total. The summed E-state index contributed by atoms with van der Waals surface area (Å²) in [5.74, 6) is 6.23. The Hall–Kier alpha value is -0.740. The van der Waals surface area contributed by atoms with Gasteiger partial charge in [0.25, 0.3) is 0 Å². The van der Waals surface area contributed by atoms with Crippen molar-refractivity contribution < 1.29 is 5.11 Å². The minimum atomic E-state index is 0.124. The highest BCUT2D eigenvalue weighted by Crippen LogP contribution is 2.06. The van der Waals surface area contributed by atoms with Crippen LogP contribution >= 0.6 is 0 Å². The molecule has 86 valence electrons. The zero-order valence-corrected chi connectivity index (χ0v) is 9.97. The molecule has 0 fully saturated rings. The van der Waals surface area contributed by atoms with Gasteiger partial charge in [0.2, 0.25) is 0 Å². The van der Waals surface area contributed by atoms with Gasteiger partial charge in [0.05, 0.1) is 6.61 Å². The van der Waals surface area contributed by atoms with Crippen LogP contribution in [0.4, 0.5) is 0 Å². The molecule has 0 aliphatic heterocycles. The lowest BCUT2D eigenvalue weighted by atomic mass is 10.1. The first kappa shape index (κ1) is 14.3. The molecule has 0 aromatic heterocycles. The summed E-state index contributed by atoms with van der Waals surface area (Å²) in [6, 6.07) is 0. The lowest BCUT2D eigenvalue weighted by Gasteiger charge is -1.96. The summed E-state index contributed by atoms with van der Waals surface area (Å²) in [5, 5.41) is 8.47. The summed E-state index contributed by atoms with van der Waals surface area (Å²) in [5.41, 5.74) is 0. The highest BCUT2D eigenvalue weighted by molar-refractivity contribution is 5.04. The van der Waals surface area contributed by atoms with E-state index in [2.05, 4.69) is 18.8 Å². The Morgan fingerprint density at radius 3 is 2.40 bits per heavy atom. The van der Waals surface area contributed by atoms with Gasteiger partial charge >= 0.3 is 0 Å². The van der Waals surface area contributed by atoms with Gasteiger partial charge < -0.3 is 5.11 Å². The minimum Gasteiger partial charge on any atom is -0.392 e. The van der Waals surface area contributed by atoms with Gasteiger partial charge in [0.15, 0.2) is 0 Å². The van der Waals surface area contributed by atoms with Crippen LogP contribution in [0.2, 0.25) is 0 Å². The fourth-order valence-corrected chi connectivity index (χ4v) is 1.37. The van der Waals surface area contributed by atoms with Crippen molar-refractivity contribution in [2.75, 3.05) is 6.61 Å². The van der Waals surface area contributed by atoms with Crippen LogP contribution in [0.5, 0.6) is 0 Å². The molecule has 0 spiro atoms. The second kappa shape index (κ2) is 13.3. The second-order valence-electron chi connectivity index (χ2n) is 3.73. The van der Waals surface area contributed by atoms with Crippen molar-refractivity contribution in [2.45, 2.75) is 58.3 Å². The van der Waals surface area contributed by atoms with Crippen molar-refractivity contribution in [3.05, 3.63) is 12.2 Å².